The van der Waals surface area contributed by atoms with Gasteiger partial charge in [0, 0.05) is 36.5 Å². The quantitative estimate of drug-likeness (QED) is 0.812. The van der Waals surface area contributed by atoms with E-state index >= 15 is 0 Å². The van der Waals surface area contributed by atoms with Crippen molar-refractivity contribution in [3.05, 3.63) is 31.9 Å². The van der Waals surface area contributed by atoms with E-state index in [9.17, 15) is 0 Å². The van der Waals surface area contributed by atoms with Crippen molar-refractivity contribution >= 4 is 27.3 Å². The van der Waals surface area contributed by atoms with Crippen molar-refractivity contribution < 1.29 is 0 Å². The maximum atomic E-state index is 4.67. The van der Waals surface area contributed by atoms with Gasteiger partial charge in [-0.05, 0) is 43.2 Å². The monoisotopic (exact) mass is 370 g/mol. The Kier molecular flexibility index (Phi) is 5.96. The van der Waals surface area contributed by atoms with Crippen LogP contribution in [0.4, 0.5) is 0 Å². The molecule has 21 heavy (non-hydrogen) atoms. The fourth-order valence-corrected chi connectivity index (χ4v) is 4.01. The molecule has 4 nitrogen and oxygen atoms in total. The molecule has 2 heterocycles. The zero-order valence-electron chi connectivity index (χ0n) is 13.1. The van der Waals surface area contributed by atoms with E-state index in [2.05, 4.69) is 55.2 Å². The molecule has 2 aromatic rings. The van der Waals surface area contributed by atoms with E-state index in [0.717, 1.165) is 37.2 Å². The second-order valence-corrected chi connectivity index (χ2v) is 6.89. The largest absolute Gasteiger partial charge is 0.316 e. The lowest BCUT2D eigenvalue weighted by molar-refractivity contribution is 0.517. The summed E-state index contributed by atoms with van der Waals surface area (Å²) in [4.78, 5) is 4.57. The van der Waals surface area contributed by atoms with E-state index < -0.39 is 0 Å². The molecular weight excluding hydrogens is 348 g/mol. The normalized spacial score (nSPS) is 12.8. The Bertz CT molecular complexity index is 591. The highest BCUT2D eigenvalue weighted by Crippen LogP contribution is 2.24. The van der Waals surface area contributed by atoms with Crippen molar-refractivity contribution in [1.29, 1.82) is 0 Å². The smallest absolute Gasteiger partial charge is 0.0943 e. The minimum absolute atomic E-state index is 0.374. The fourth-order valence-electron chi connectivity index (χ4n) is 2.43. The molecule has 1 N–H and O–H groups in total. The molecule has 0 fully saturated rings. The number of nitrogens with zero attached hydrogens (tertiary/aromatic N) is 3. The summed E-state index contributed by atoms with van der Waals surface area (Å²) < 4.78 is 3.28. The minimum atomic E-state index is 0.374. The summed E-state index contributed by atoms with van der Waals surface area (Å²) >= 11 is 5.47. The van der Waals surface area contributed by atoms with E-state index in [1.54, 1.807) is 11.3 Å². The lowest BCUT2D eigenvalue weighted by atomic mass is 10.1. The molecule has 6 heteroatoms. The Labute approximate surface area is 139 Å². The van der Waals surface area contributed by atoms with Gasteiger partial charge in [-0.2, -0.15) is 5.10 Å². The van der Waals surface area contributed by atoms with E-state index in [4.69, 9.17) is 0 Å². The summed E-state index contributed by atoms with van der Waals surface area (Å²) in [6.07, 6.45) is 2.87. The van der Waals surface area contributed by atoms with Crippen LogP contribution in [-0.4, -0.2) is 27.9 Å². The van der Waals surface area contributed by atoms with Crippen LogP contribution in [0.5, 0.6) is 0 Å². The SMILES string of the molecule is CCc1nn(CC)c(CC(Cc2nc(C)cs2)NC)c1Br. The maximum Gasteiger partial charge on any atom is 0.0943 e. The number of aryl methyl sites for hydroxylation is 3. The highest BCUT2D eigenvalue weighted by molar-refractivity contribution is 9.10. The van der Waals surface area contributed by atoms with Crippen LogP contribution in [0.25, 0.3) is 0 Å². The van der Waals surface area contributed by atoms with Gasteiger partial charge >= 0.3 is 0 Å². The van der Waals surface area contributed by atoms with Crippen LogP contribution in [0, 0.1) is 6.92 Å². The van der Waals surface area contributed by atoms with Gasteiger partial charge < -0.3 is 5.32 Å². The third kappa shape index (κ3) is 3.93. The van der Waals surface area contributed by atoms with Crippen LogP contribution in [0.1, 0.15) is 35.9 Å². The number of hydrogen-bond donors (Lipinski definition) is 1. The molecule has 0 spiro atoms. The number of nitrogens with one attached hydrogen (secondary N) is 1. The molecule has 0 aliphatic carbocycles. The summed E-state index contributed by atoms with van der Waals surface area (Å²) in [6.45, 7) is 7.23. The first-order valence-corrected chi connectivity index (χ1v) is 9.08. The molecule has 0 aliphatic rings. The highest BCUT2D eigenvalue weighted by Gasteiger charge is 2.18. The first kappa shape index (κ1) is 16.6. The van der Waals surface area contributed by atoms with Gasteiger partial charge in [-0.1, -0.05) is 6.92 Å². The maximum absolute atomic E-state index is 4.67. The second kappa shape index (κ2) is 7.51. The molecule has 0 bridgehead atoms. The molecule has 0 aromatic carbocycles. The van der Waals surface area contributed by atoms with Gasteiger partial charge in [-0.3, -0.25) is 4.68 Å². The Balaban J connectivity index is 2.16. The Hall–Kier alpha value is -0.720. The summed E-state index contributed by atoms with van der Waals surface area (Å²) in [5.41, 5.74) is 3.53. The lowest BCUT2D eigenvalue weighted by Crippen LogP contribution is -2.31. The zero-order chi connectivity index (χ0) is 15.4. The average Bonchev–Trinajstić information content (AvgIpc) is 3.02. The molecule has 2 aromatic heterocycles. The first-order valence-electron chi connectivity index (χ1n) is 7.41. The van der Waals surface area contributed by atoms with Gasteiger partial charge in [0.1, 0.15) is 0 Å². The summed E-state index contributed by atoms with van der Waals surface area (Å²) in [5.74, 6) is 0. The number of rotatable bonds is 7. The van der Waals surface area contributed by atoms with Gasteiger partial charge in [0.15, 0.2) is 0 Å². The molecule has 1 atom stereocenters. The predicted molar refractivity (Wildman–Crippen MR) is 92.1 cm³/mol. The number of thiazole rings is 1. The number of likely N-dealkylation sites (N-methyl/N-ethyl adjacent to an activating group) is 1. The van der Waals surface area contributed by atoms with Crippen molar-refractivity contribution in [3.8, 4) is 0 Å². The van der Waals surface area contributed by atoms with E-state index in [1.807, 2.05) is 14.0 Å². The van der Waals surface area contributed by atoms with E-state index in [-0.39, 0.29) is 0 Å². The summed E-state index contributed by atoms with van der Waals surface area (Å²) in [6, 6.07) is 0.374. The van der Waals surface area contributed by atoms with Crippen LogP contribution in [0.2, 0.25) is 0 Å². The standard InChI is InChI=1S/C15H23BrN4S/c1-5-12-15(16)13(20(6-2)19-12)7-11(17-4)8-14-18-10(3)9-21-14/h9,11,17H,5-8H2,1-4H3. The Morgan fingerprint density at radius 1 is 1.38 bits per heavy atom. The molecule has 2 rings (SSSR count). The number of halogens is 1. The lowest BCUT2D eigenvalue weighted by Gasteiger charge is -2.16. The minimum Gasteiger partial charge on any atom is -0.316 e. The van der Waals surface area contributed by atoms with Crippen molar-refractivity contribution in [2.24, 2.45) is 0 Å². The van der Waals surface area contributed by atoms with Crippen LogP contribution < -0.4 is 5.32 Å². The zero-order valence-corrected chi connectivity index (χ0v) is 15.5. The third-order valence-corrected chi connectivity index (χ3v) is 5.53. The van der Waals surface area contributed by atoms with Gasteiger partial charge in [0.25, 0.3) is 0 Å². The molecule has 0 radical (unpaired) electrons. The molecule has 116 valence electrons. The van der Waals surface area contributed by atoms with Crippen LogP contribution in [0.3, 0.4) is 0 Å². The summed E-state index contributed by atoms with van der Waals surface area (Å²) in [5, 5.41) is 11.4. The first-order chi connectivity index (χ1) is 10.1. The summed E-state index contributed by atoms with van der Waals surface area (Å²) in [7, 11) is 2.02. The van der Waals surface area contributed by atoms with Crippen molar-refractivity contribution in [2.75, 3.05) is 7.05 Å². The Morgan fingerprint density at radius 3 is 2.67 bits per heavy atom. The molecule has 1 unspecified atom stereocenters. The highest BCUT2D eigenvalue weighted by atomic mass is 79.9. The number of aromatic nitrogens is 3. The molecule has 0 saturated carbocycles. The van der Waals surface area contributed by atoms with Gasteiger partial charge in [-0.25, -0.2) is 4.98 Å². The second-order valence-electron chi connectivity index (χ2n) is 5.15. The molecule has 0 amide bonds. The third-order valence-electron chi connectivity index (χ3n) is 3.63. The van der Waals surface area contributed by atoms with Crippen molar-refractivity contribution in [3.63, 3.8) is 0 Å². The van der Waals surface area contributed by atoms with Crippen molar-refractivity contribution in [1.82, 2.24) is 20.1 Å². The predicted octanol–water partition coefficient (Wildman–Crippen LogP) is 3.37. The fraction of sp³-hybridized carbons (Fsp3) is 0.600. The van der Waals surface area contributed by atoms with Crippen LogP contribution in [0.15, 0.2) is 9.85 Å². The molecular formula is C15H23BrN4S. The van der Waals surface area contributed by atoms with Gasteiger partial charge in [0.2, 0.25) is 0 Å². The average molecular weight is 371 g/mol. The topological polar surface area (TPSA) is 42.7 Å². The number of hydrogen-bond acceptors (Lipinski definition) is 4. The van der Waals surface area contributed by atoms with E-state index in [0.29, 0.717) is 6.04 Å². The van der Waals surface area contributed by atoms with Gasteiger partial charge in [0.05, 0.1) is 20.9 Å². The molecule has 0 aliphatic heterocycles. The van der Waals surface area contributed by atoms with E-state index in [1.165, 1.54) is 15.2 Å². The van der Waals surface area contributed by atoms with Gasteiger partial charge in [-0.15, -0.1) is 11.3 Å². The van der Waals surface area contributed by atoms with Crippen LogP contribution >= 0.6 is 27.3 Å². The van der Waals surface area contributed by atoms with Crippen molar-refractivity contribution in [2.45, 2.75) is 52.6 Å². The molecule has 0 saturated heterocycles. The Morgan fingerprint density at radius 2 is 2.14 bits per heavy atom. The van der Waals surface area contributed by atoms with Crippen LogP contribution in [-0.2, 0) is 25.8 Å².